The summed E-state index contributed by atoms with van der Waals surface area (Å²) in [6.45, 7) is 2.63. The van der Waals surface area contributed by atoms with Gasteiger partial charge in [0.1, 0.15) is 0 Å². The smallest absolute Gasteiger partial charge is 0.306 e. The van der Waals surface area contributed by atoms with Gasteiger partial charge in [0.2, 0.25) is 0 Å². The van der Waals surface area contributed by atoms with Crippen LogP contribution in [0, 0.1) is 5.92 Å². The Kier molecular flexibility index (Phi) is 3.84. The number of piperidine rings is 1. The third-order valence-corrected chi connectivity index (χ3v) is 4.16. The zero-order chi connectivity index (χ0) is 11.5. The Bertz CT molecular complexity index is 372. The van der Waals surface area contributed by atoms with Gasteiger partial charge in [0.05, 0.1) is 10.3 Å². The van der Waals surface area contributed by atoms with Crippen LogP contribution in [0.3, 0.4) is 0 Å². The van der Waals surface area contributed by atoms with E-state index in [0.29, 0.717) is 0 Å². The highest BCUT2D eigenvalue weighted by molar-refractivity contribution is 7.16. The number of carboxylic acid groups (broad SMARTS) is 1. The molecule has 88 valence electrons. The molecular formula is C11H14ClNO2S. The number of likely N-dealkylation sites (tertiary alicyclic amines) is 1. The molecule has 0 spiro atoms. The Balaban J connectivity index is 1.83. The number of hydrogen-bond donors (Lipinski definition) is 1. The van der Waals surface area contributed by atoms with E-state index in [2.05, 4.69) is 4.90 Å². The number of nitrogens with zero attached hydrogens (tertiary/aromatic N) is 1. The molecule has 0 amide bonds. The second kappa shape index (κ2) is 5.17. The van der Waals surface area contributed by atoms with E-state index in [1.807, 2.05) is 12.1 Å². The van der Waals surface area contributed by atoms with Gasteiger partial charge in [-0.3, -0.25) is 9.69 Å². The van der Waals surface area contributed by atoms with Gasteiger partial charge in [0.15, 0.2) is 0 Å². The quantitative estimate of drug-likeness (QED) is 0.907. The molecule has 2 heterocycles. The van der Waals surface area contributed by atoms with Crippen molar-refractivity contribution in [1.29, 1.82) is 0 Å². The van der Waals surface area contributed by atoms with Crippen LogP contribution >= 0.6 is 22.9 Å². The first-order valence-corrected chi connectivity index (χ1v) is 6.54. The number of halogens is 1. The molecule has 0 saturated carbocycles. The summed E-state index contributed by atoms with van der Waals surface area (Å²) in [6.07, 6.45) is 1.52. The van der Waals surface area contributed by atoms with Crippen LogP contribution in [0.15, 0.2) is 12.1 Å². The molecule has 1 aromatic rings. The van der Waals surface area contributed by atoms with Crippen molar-refractivity contribution in [2.45, 2.75) is 19.4 Å². The molecule has 3 nitrogen and oxygen atoms in total. The lowest BCUT2D eigenvalue weighted by Gasteiger charge is -2.29. The highest BCUT2D eigenvalue weighted by atomic mass is 35.5. The van der Waals surface area contributed by atoms with E-state index in [9.17, 15) is 4.79 Å². The van der Waals surface area contributed by atoms with Crippen LogP contribution in [0.5, 0.6) is 0 Å². The summed E-state index contributed by atoms with van der Waals surface area (Å²) in [4.78, 5) is 14.3. The zero-order valence-corrected chi connectivity index (χ0v) is 10.4. The van der Waals surface area contributed by atoms with Gasteiger partial charge >= 0.3 is 5.97 Å². The Morgan fingerprint density at radius 1 is 1.50 bits per heavy atom. The molecule has 1 aliphatic rings. The average molecular weight is 260 g/mol. The van der Waals surface area contributed by atoms with E-state index >= 15 is 0 Å². The summed E-state index contributed by atoms with van der Waals surface area (Å²) in [5, 5.41) is 8.88. The fourth-order valence-electron chi connectivity index (χ4n) is 2.00. The largest absolute Gasteiger partial charge is 0.481 e. The molecule has 1 aliphatic heterocycles. The monoisotopic (exact) mass is 259 g/mol. The molecule has 0 atom stereocenters. The lowest BCUT2D eigenvalue weighted by molar-refractivity contribution is -0.143. The van der Waals surface area contributed by atoms with E-state index in [1.54, 1.807) is 11.3 Å². The zero-order valence-electron chi connectivity index (χ0n) is 8.86. The topological polar surface area (TPSA) is 40.5 Å². The van der Waals surface area contributed by atoms with Crippen LogP contribution < -0.4 is 0 Å². The predicted molar refractivity (Wildman–Crippen MR) is 65.0 cm³/mol. The van der Waals surface area contributed by atoms with Crippen LogP contribution in [0.2, 0.25) is 4.34 Å². The number of carbonyl (C=O) groups is 1. The second-order valence-electron chi connectivity index (χ2n) is 4.09. The van der Waals surface area contributed by atoms with Gasteiger partial charge in [0, 0.05) is 11.4 Å². The molecule has 1 aromatic heterocycles. The molecule has 0 bridgehead atoms. The normalized spacial score (nSPS) is 18.8. The minimum absolute atomic E-state index is 0.150. The van der Waals surface area contributed by atoms with Gasteiger partial charge in [-0.15, -0.1) is 11.3 Å². The summed E-state index contributed by atoms with van der Waals surface area (Å²) in [5.74, 6) is -0.804. The maximum atomic E-state index is 10.8. The molecule has 5 heteroatoms. The van der Waals surface area contributed by atoms with Crippen LogP contribution in [0.4, 0.5) is 0 Å². The maximum absolute atomic E-state index is 10.8. The first-order chi connectivity index (χ1) is 7.65. The van der Waals surface area contributed by atoms with Gasteiger partial charge in [-0.05, 0) is 38.1 Å². The third kappa shape index (κ3) is 2.97. The van der Waals surface area contributed by atoms with Crippen molar-refractivity contribution in [1.82, 2.24) is 4.90 Å². The third-order valence-electron chi connectivity index (χ3n) is 2.95. The van der Waals surface area contributed by atoms with Gasteiger partial charge in [-0.1, -0.05) is 11.6 Å². The van der Waals surface area contributed by atoms with Crippen molar-refractivity contribution in [2.75, 3.05) is 13.1 Å². The fraction of sp³-hybridized carbons (Fsp3) is 0.545. The van der Waals surface area contributed by atoms with Crippen LogP contribution in [0.1, 0.15) is 17.7 Å². The lowest BCUT2D eigenvalue weighted by Crippen LogP contribution is -2.35. The summed E-state index contributed by atoms with van der Waals surface area (Å²) >= 11 is 7.46. The molecule has 2 rings (SSSR count). The molecule has 0 unspecified atom stereocenters. The minimum Gasteiger partial charge on any atom is -0.481 e. The van der Waals surface area contributed by atoms with Crippen molar-refractivity contribution in [3.63, 3.8) is 0 Å². The highest BCUT2D eigenvalue weighted by Gasteiger charge is 2.24. The summed E-state index contributed by atoms with van der Waals surface area (Å²) in [7, 11) is 0. The van der Waals surface area contributed by atoms with Gasteiger partial charge in [-0.2, -0.15) is 0 Å². The van der Waals surface area contributed by atoms with Gasteiger partial charge in [0.25, 0.3) is 0 Å². The van der Waals surface area contributed by atoms with E-state index in [0.717, 1.165) is 36.8 Å². The van der Waals surface area contributed by atoms with Crippen molar-refractivity contribution in [3.8, 4) is 0 Å². The standard InChI is InChI=1S/C11H14ClNO2S/c12-10-2-1-9(16-10)7-13-5-3-8(4-6-13)11(14)15/h1-2,8H,3-7H2,(H,14,15). The van der Waals surface area contributed by atoms with E-state index < -0.39 is 5.97 Å². The van der Waals surface area contributed by atoms with E-state index in [-0.39, 0.29) is 5.92 Å². The van der Waals surface area contributed by atoms with E-state index in [1.165, 1.54) is 4.88 Å². The van der Waals surface area contributed by atoms with E-state index in [4.69, 9.17) is 16.7 Å². The Labute approximate surface area is 104 Å². The number of hydrogen-bond acceptors (Lipinski definition) is 3. The lowest BCUT2D eigenvalue weighted by atomic mass is 9.97. The second-order valence-corrected chi connectivity index (χ2v) is 5.89. The predicted octanol–water partition coefficient (Wildman–Crippen LogP) is 2.70. The first kappa shape index (κ1) is 11.9. The van der Waals surface area contributed by atoms with Crippen LogP contribution in [-0.4, -0.2) is 29.1 Å². The Morgan fingerprint density at radius 2 is 2.19 bits per heavy atom. The van der Waals surface area contributed by atoms with Gasteiger partial charge < -0.3 is 5.11 Å². The summed E-state index contributed by atoms with van der Waals surface area (Å²) in [5.41, 5.74) is 0. The Morgan fingerprint density at radius 3 is 2.69 bits per heavy atom. The number of rotatable bonds is 3. The molecule has 1 N–H and O–H groups in total. The molecular weight excluding hydrogens is 246 g/mol. The molecule has 0 aliphatic carbocycles. The molecule has 1 saturated heterocycles. The van der Waals surface area contributed by atoms with Crippen molar-refractivity contribution in [2.24, 2.45) is 5.92 Å². The maximum Gasteiger partial charge on any atom is 0.306 e. The van der Waals surface area contributed by atoms with Gasteiger partial charge in [-0.25, -0.2) is 0 Å². The first-order valence-electron chi connectivity index (χ1n) is 5.34. The van der Waals surface area contributed by atoms with Crippen molar-refractivity contribution in [3.05, 3.63) is 21.3 Å². The SMILES string of the molecule is O=C(O)C1CCN(Cc2ccc(Cl)s2)CC1. The average Bonchev–Trinajstić information content (AvgIpc) is 2.65. The summed E-state index contributed by atoms with van der Waals surface area (Å²) in [6, 6.07) is 3.95. The summed E-state index contributed by atoms with van der Waals surface area (Å²) < 4.78 is 0.815. The van der Waals surface area contributed by atoms with Crippen LogP contribution in [-0.2, 0) is 11.3 Å². The van der Waals surface area contributed by atoms with Crippen LogP contribution in [0.25, 0.3) is 0 Å². The number of carboxylic acids is 1. The number of aliphatic carboxylic acids is 1. The van der Waals surface area contributed by atoms with Crippen molar-refractivity contribution < 1.29 is 9.90 Å². The molecule has 16 heavy (non-hydrogen) atoms. The minimum atomic E-state index is -0.654. The fourth-order valence-corrected chi connectivity index (χ4v) is 3.13. The Hall–Kier alpha value is -0.580. The number of thiophene rings is 1. The molecule has 0 aromatic carbocycles. The highest BCUT2D eigenvalue weighted by Crippen LogP contribution is 2.25. The molecule has 1 fully saturated rings. The molecule has 0 radical (unpaired) electrons. The van der Waals surface area contributed by atoms with Crippen molar-refractivity contribution >= 4 is 28.9 Å².